The molecular formula is C19H34ClFN4O3S. The van der Waals surface area contributed by atoms with Gasteiger partial charge in [-0.05, 0) is 51.5 Å². The number of carbonyl (C=O) groups is 1. The second-order valence-electron chi connectivity index (χ2n) is 9.07. The Morgan fingerprint density at radius 3 is 2.55 bits per heavy atom. The molecule has 3 N–H and O–H groups in total. The minimum atomic E-state index is -3.65. The van der Waals surface area contributed by atoms with E-state index in [9.17, 15) is 17.6 Å². The van der Waals surface area contributed by atoms with Gasteiger partial charge >= 0.3 is 0 Å². The van der Waals surface area contributed by atoms with Gasteiger partial charge in [0.05, 0.1) is 17.0 Å². The highest BCUT2D eigenvalue weighted by molar-refractivity contribution is 7.89. The van der Waals surface area contributed by atoms with Crippen LogP contribution in [0.25, 0.3) is 0 Å². The van der Waals surface area contributed by atoms with Crippen molar-refractivity contribution in [2.75, 3.05) is 19.5 Å². The highest BCUT2D eigenvalue weighted by atomic mass is 35.5. The second kappa shape index (κ2) is 9.77. The maximum absolute atomic E-state index is 14.7. The first-order valence-electron chi connectivity index (χ1n) is 10.7. The topological polar surface area (TPSA) is 90.5 Å². The summed E-state index contributed by atoms with van der Waals surface area (Å²) in [6.07, 6.45) is 4.36. The highest BCUT2D eigenvalue weighted by Gasteiger charge is 2.46. The summed E-state index contributed by atoms with van der Waals surface area (Å²) in [5, 5.41) is 2.61. The van der Waals surface area contributed by atoms with E-state index in [1.165, 1.54) is 0 Å². The Balaban J connectivity index is 1.58. The summed E-state index contributed by atoms with van der Waals surface area (Å²) in [6, 6.07) is 0.393. The summed E-state index contributed by atoms with van der Waals surface area (Å²) >= 11 is 6.26. The standard InChI is InChI=1S/C19H34ClFN4O3S/c1-12-18(25(2)11-22-12)14-8-15(17(21)16(20)9-14)19(26)23-24-29(27,28)10-13-6-4-3-5-7-13/h12-18,22,24H,3-11H2,1-2H3,(H,23,26). The van der Waals surface area contributed by atoms with Crippen LogP contribution >= 0.6 is 11.6 Å². The van der Waals surface area contributed by atoms with Crippen molar-refractivity contribution in [2.24, 2.45) is 17.8 Å². The normalized spacial score (nSPS) is 37.5. The van der Waals surface area contributed by atoms with Gasteiger partial charge in [-0.15, -0.1) is 16.4 Å². The predicted molar refractivity (Wildman–Crippen MR) is 111 cm³/mol. The number of rotatable bonds is 6. The Kier molecular flexibility index (Phi) is 7.81. The Morgan fingerprint density at radius 1 is 1.24 bits per heavy atom. The quantitative estimate of drug-likeness (QED) is 0.422. The Labute approximate surface area is 178 Å². The molecule has 1 saturated heterocycles. The van der Waals surface area contributed by atoms with Gasteiger partial charge in [0.1, 0.15) is 6.17 Å². The molecule has 2 saturated carbocycles. The molecular weight excluding hydrogens is 419 g/mol. The number of likely N-dealkylation sites (N-methyl/N-ethyl adjacent to an activating group) is 1. The van der Waals surface area contributed by atoms with Crippen LogP contribution in [0.3, 0.4) is 0 Å². The molecule has 1 amide bonds. The van der Waals surface area contributed by atoms with Crippen molar-refractivity contribution in [2.45, 2.75) is 75.5 Å². The highest BCUT2D eigenvalue weighted by Crippen LogP contribution is 2.39. The average molecular weight is 453 g/mol. The number of sulfonamides is 1. The van der Waals surface area contributed by atoms with Gasteiger partial charge in [-0.2, -0.15) is 0 Å². The van der Waals surface area contributed by atoms with Crippen molar-refractivity contribution in [1.82, 2.24) is 20.5 Å². The third-order valence-corrected chi connectivity index (χ3v) is 8.57. The van der Waals surface area contributed by atoms with E-state index in [0.717, 1.165) is 38.8 Å². The lowest BCUT2D eigenvalue weighted by atomic mass is 9.74. The minimum absolute atomic E-state index is 0.00614. The van der Waals surface area contributed by atoms with Crippen LogP contribution in [-0.4, -0.2) is 62.3 Å². The number of alkyl halides is 2. The van der Waals surface area contributed by atoms with E-state index in [0.29, 0.717) is 12.8 Å². The summed E-state index contributed by atoms with van der Waals surface area (Å²) < 4.78 is 39.4. The van der Waals surface area contributed by atoms with Crippen LogP contribution in [0, 0.1) is 17.8 Å². The molecule has 168 valence electrons. The molecule has 0 aromatic heterocycles. The maximum atomic E-state index is 14.7. The molecule has 7 nitrogen and oxygen atoms in total. The molecule has 10 heteroatoms. The lowest BCUT2D eigenvalue weighted by Crippen LogP contribution is -2.53. The van der Waals surface area contributed by atoms with Crippen LogP contribution in [0.4, 0.5) is 4.39 Å². The van der Waals surface area contributed by atoms with Gasteiger partial charge in [-0.25, -0.2) is 12.8 Å². The van der Waals surface area contributed by atoms with Crippen molar-refractivity contribution in [3.8, 4) is 0 Å². The largest absolute Gasteiger partial charge is 0.300 e. The monoisotopic (exact) mass is 452 g/mol. The molecule has 3 fully saturated rings. The summed E-state index contributed by atoms with van der Waals surface area (Å²) in [6.45, 7) is 2.82. The molecule has 29 heavy (non-hydrogen) atoms. The van der Waals surface area contributed by atoms with Gasteiger partial charge in [0.2, 0.25) is 15.9 Å². The van der Waals surface area contributed by atoms with Crippen molar-refractivity contribution < 1.29 is 17.6 Å². The fourth-order valence-corrected chi connectivity index (χ4v) is 7.04. The number of hydrogen-bond acceptors (Lipinski definition) is 5. The molecule has 0 aromatic carbocycles. The smallest absolute Gasteiger partial charge is 0.241 e. The molecule has 3 rings (SSSR count). The van der Waals surface area contributed by atoms with E-state index < -0.39 is 33.4 Å². The van der Waals surface area contributed by atoms with Gasteiger partial charge in [0.15, 0.2) is 0 Å². The molecule has 0 spiro atoms. The first-order valence-corrected chi connectivity index (χ1v) is 12.8. The number of carbonyl (C=O) groups excluding carboxylic acids is 1. The van der Waals surface area contributed by atoms with Gasteiger partial charge in [0, 0.05) is 18.8 Å². The van der Waals surface area contributed by atoms with Crippen LogP contribution in [0.5, 0.6) is 0 Å². The van der Waals surface area contributed by atoms with E-state index >= 15 is 0 Å². The van der Waals surface area contributed by atoms with E-state index in [1.54, 1.807) is 0 Å². The van der Waals surface area contributed by atoms with Crippen molar-refractivity contribution in [1.29, 1.82) is 0 Å². The number of hydrogen-bond donors (Lipinski definition) is 3. The fraction of sp³-hybridized carbons (Fsp3) is 0.947. The molecule has 6 unspecified atom stereocenters. The number of nitrogens with one attached hydrogen (secondary N) is 3. The molecule has 3 aliphatic rings. The van der Waals surface area contributed by atoms with Gasteiger partial charge in [0.25, 0.3) is 0 Å². The minimum Gasteiger partial charge on any atom is -0.300 e. The van der Waals surface area contributed by atoms with Gasteiger partial charge in [-0.3, -0.25) is 15.1 Å². The van der Waals surface area contributed by atoms with E-state index in [4.69, 9.17) is 11.6 Å². The number of halogens is 2. The molecule has 0 bridgehead atoms. The van der Waals surface area contributed by atoms with Crippen LogP contribution < -0.4 is 15.6 Å². The zero-order valence-electron chi connectivity index (χ0n) is 17.2. The molecule has 0 radical (unpaired) electrons. The molecule has 1 aliphatic heterocycles. The Morgan fingerprint density at radius 2 is 1.93 bits per heavy atom. The lowest BCUT2D eigenvalue weighted by molar-refractivity contribution is -0.129. The average Bonchev–Trinajstić information content (AvgIpc) is 3.01. The third-order valence-electron chi connectivity index (χ3n) is 6.83. The zero-order valence-corrected chi connectivity index (χ0v) is 18.8. The SMILES string of the molecule is CC1NCN(C)C1C1CC(Cl)C(F)C(C(=O)NNS(=O)(=O)CC2CCCCC2)C1. The summed E-state index contributed by atoms with van der Waals surface area (Å²) in [4.78, 5) is 17.0. The Bertz CT molecular complexity index is 666. The van der Waals surface area contributed by atoms with Crippen LogP contribution in [0.1, 0.15) is 51.9 Å². The number of amides is 1. The number of hydrazine groups is 1. The molecule has 6 atom stereocenters. The van der Waals surface area contributed by atoms with Crippen molar-refractivity contribution >= 4 is 27.5 Å². The zero-order chi connectivity index (χ0) is 21.2. The van der Waals surface area contributed by atoms with Crippen molar-refractivity contribution in [3.63, 3.8) is 0 Å². The van der Waals surface area contributed by atoms with E-state index in [2.05, 4.69) is 27.4 Å². The van der Waals surface area contributed by atoms with E-state index in [-0.39, 0.29) is 29.7 Å². The van der Waals surface area contributed by atoms with Crippen LogP contribution in [-0.2, 0) is 14.8 Å². The van der Waals surface area contributed by atoms with Crippen LogP contribution in [0.2, 0.25) is 0 Å². The number of nitrogens with zero attached hydrogens (tertiary/aromatic N) is 1. The van der Waals surface area contributed by atoms with Gasteiger partial charge in [-0.1, -0.05) is 19.3 Å². The molecule has 0 aromatic rings. The van der Waals surface area contributed by atoms with Crippen LogP contribution in [0.15, 0.2) is 0 Å². The Hall–Kier alpha value is -0.480. The first-order chi connectivity index (χ1) is 13.7. The molecule has 1 heterocycles. The summed E-state index contributed by atoms with van der Waals surface area (Å²) in [5.74, 6) is -1.43. The summed E-state index contributed by atoms with van der Waals surface area (Å²) in [7, 11) is -1.65. The molecule has 2 aliphatic carbocycles. The predicted octanol–water partition coefficient (Wildman–Crippen LogP) is 1.74. The third kappa shape index (κ3) is 5.81. The lowest BCUT2D eigenvalue weighted by Gasteiger charge is -2.40. The van der Waals surface area contributed by atoms with Crippen molar-refractivity contribution in [3.05, 3.63) is 0 Å². The summed E-state index contributed by atoms with van der Waals surface area (Å²) in [5.41, 5.74) is 2.26. The first kappa shape index (κ1) is 23.2. The second-order valence-corrected chi connectivity index (χ2v) is 11.4. The fourth-order valence-electron chi connectivity index (χ4n) is 5.34. The van der Waals surface area contributed by atoms with E-state index in [1.807, 2.05) is 7.05 Å². The maximum Gasteiger partial charge on any atom is 0.241 e. The van der Waals surface area contributed by atoms with Gasteiger partial charge < -0.3 is 5.32 Å².